The van der Waals surface area contributed by atoms with E-state index in [1.54, 1.807) is 25.2 Å². The smallest absolute Gasteiger partial charge is 0.270 e. The van der Waals surface area contributed by atoms with E-state index in [0.717, 1.165) is 11.1 Å². The van der Waals surface area contributed by atoms with Crippen molar-refractivity contribution in [1.29, 1.82) is 0 Å². The molecule has 3 nitrogen and oxygen atoms in total. The standard InChI is InChI=1S/C19H19NO2/c1-13(2)16-12-18(21)14(3)11-17(16)20-19(22)10-9-15-7-5-4-6-8-15/h4-13H,1-3H3. The van der Waals surface area contributed by atoms with Crippen molar-refractivity contribution in [2.24, 2.45) is 10.9 Å². The molecule has 0 aliphatic heterocycles. The molecule has 2 rings (SSSR count). The van der Waals surface area contributed by atoms with Crippen LogP contribution in [0, 0.1) is 5.92 Å². The van der Waals surface area contributed by atoms with Crippen molar-refractivity contribution in [3.63, 3.8) is 0 Å². The quantitative estimate of drug-likeness (QED) is 0.629. The van der Waals surface area contributed by atoms with Gasteiger partial charge in [0.05, 0.1) is 5.71 Å². The Hall–Kier alpha value is -2.55. The number of allylic oxidation sites excluding steroid dienone is 4. The second-order valence-electron chi connectivity index (χ2n) is 5.53. The lowest BCUT2D eigenvalue weighted by Crippen LogP contribution is -2.16. The highest BCUT2D eigenvalue weighted by molar-refractivity contribution is 6.24. The summed E-state index contributed by atoms with van der Waals surface area (Å²) in [7, 11) is 0. The first kappa shape index (κ1) is 15.8. The zero-order valence-corrected chi connectivity index (χ0v) is 13.0. The number of carbonyl (C=O) groups is 2. The molecule has 112 valence electrons. The van der Waals surface area contributed by atoms with Gasteiger partial charge in [0.25, 0.3) is 5.91 Å². The maximum Gasteiger partial charge on any atom is 0.270 e. The van der Waals surface area contributed by atoms with Crippen molar-refractivity contribution in [2.45, 2.75) is 20.8 Å². The van der Waals surface area contributed by atoms with E-state index < -0.39 is 0 Å². The van der Waals surface area contributed by atoms with Crippen LogP contribution in [0.2, 0.25) is 0 Å². The summed E-state index contributed by atoms with van der Waals surface area (Å²) in [5, 5.41) is 0. The van der Waals surface area contributed by atoms with E-state index in [1.165, 1.54) is 6.08 Å². The molecule has 22 heavy (non-hydrogen) atoms. The predicted octanol–water partition coefficient (Wildman–Crippen LogP) is 3.78. The summed E-state index contributed by atoms with van der Waals surface area (Å²) in [5.74, 6) is -0.211. The molecular weight excluding hydrogens is 274 g/mol. The predicted molar refractivity (Wildman–Crippen MR) is 89.6 cm³/mol. The van der Waals surface area contributed by atoms with Crippen LogP contribution in [-0.4, -0.2) is 17.4 Å². The van der Waals surface area contributed by atoms with E-state index in [1.807, 2.05) is 44.2 Å². The fourth-order valence-corrected chi connectivity index (χ4v) is 2.14. The Bertz CT molecular complexity index is 704. The van der Waals surface area contributed by atoms with Crippen LogP contribution in [0.25, 0.3) is 6.08 Å². The van der Waals surface area contributed by atoms with E-state index in [2.05, 4.69) is 4.99 Å². The second kappa shape index (κ2) is 6.94. The number of carbonyl (C=O) groups excluding carboxylic acids is 2. The maximum absolute atomic E-state index is 12.0. The van der Waals surface area contributed by atoms with Crippen LogP contribution in [0.5, 0.6) is 0 Å². The van der Waals surface area contributed by atoms with Gasteiger partial charge >= 0.3 is 0 Å². The molecule has 0 saturated heterocycles. The summed E-state index contributed by atoms with van der Waals surface area (Å²) in [6, 6.07) is 9.58. The molecule has 1 amide bonds. The Kier molecular flexibility index (Phi) is 4.99. The Labute approximate surface area is 130 Å². The molecule has 1 aromatic rings. The van der Waals surface area contributed by atoms with Crippen LogP contribution in [-0.2, 0) is 9.59 Å². The highest BCUT2D eigenvalue weighted by Gasteiger charge is 2.18. The molecule has 0 aromatic heterocycles. The summed E-state index contributed by atoms with van der Waals surface area (Å²) in [4.78, 5) is 27.9. The average Bonchev–Trinajstić information content (AvgIpc) is 2.49. The van der Waals surface area contributed by atoms with Crippen LogP contribution in [0.4, 0.5) is 0 Å². The number of aliphatic imine (C=N–C) groups is 1. The number of benzene rings is 1. The fraction of sp³-hybridized carbons (Fsp3) is 0.211. The molecule has 0 saturated carbocycles. The monoisotopic (exact) mass is 293 g/mol. The zero-order chi connectivity index (χ0) is 16.1. The van der Waals surface area contributed by atoms with Crippen LogP contribution in [0.15, 0.2) is 64.7 Å². The third-order valence-corrected chi connectivity index (χ3v) is 3.39. The van der Waals surface area contributed by atoms with Crippen molar-refractivity contribution in [2.75, 3.05) is 0 Å². The number of nitrogens with zero attached hydrogens (tertiary/aromatic N) is 1. The van der Waals surface area contributed by atoms with Crippen molar-refractivity contribution in [3.8, 4) is 0 Å². The van der Waals surface area contributed by atoms with Gasteiger partial charge in [-0.25, -0.2) is 4.99 Å². The molecule has 0 fully saturated rings. The zero-order valence-electron chi connectivity index (χ0n) is 13.0. The number of rotatable bonds is 3. The summed E-state index contributed by atoms with van der Waals surface area (Å²) in [5.41, 5.74) is 2.93. The third-order valence-electron chi connectivity index (χ3n) is 3.39. The highest BCUT2D eigenvalue weighted by atomic mass is 16.1. The van der Waals surface area contributed by atoms with Crippen LogP contribution in [0.1, 0.15) is 26.3 Å². The van der Waals surface area contributed by atoms with E-state index >= 15 is 0 Å². The lowest BCUT2D eigenvalue weighted by molar-refractivity contribution is -0.113. The van der Waals surface area contributed by atoms with Gasteiger partial charge in [-0.2, -0.15) is 0 Å². The summed E-state index contributed by atoms with van der Waals surface area (Å²) in [6.45, 7) is 5.69. The van der Waals surface area contributed by atoms with E-state index in [4.69, 9.17) is 0 Å². The topological polar surface area (TPSA) is 46.5 Å². The number of hydrogen-bond donors (Lipinski definition) is 0. The molecule has 3 heteroatoms. The van der Waals surface area contributed by atoms with E-state index in [9.17, 15) is 9.59 Å². The Morgan fingerprint density at radius 3 is 2.45 bits per heavy atom. The largest absolute Gasteiger partial charge is 0.290 e. The minimum absolute atomic E-state index is 0.0186. The molecule has 1 aliphatic rings. The molecular formula is C19H19NO2. The normalized spacial score (nSPS) is 17.1. The molecule has 1 aromatic carbocycles. The van der Waals surface area contributed by atoms with E-state index in [-0.39, 0.29) is 17.6 Å². The molecule has 0 radical (unpaired) electrons. The molecule has 0 bridgehead atoms. The van der Waals surface area contributed by atoms with Crippen molar-refractivity contribution < 1.29 is 9.59 Å². The van der Waals surface area contributed by atoms with Gasteiger partial charge in [0.2, 0.25) is 0 Å². The minimum Gasteiger partial charge on any atom is -0.290 e. The highest BCUT2D eigenvalue weighted by Crippen LogP contribution is 2.20. The lowest BCUT2D eigenvalue weighted by atomic mass is 9.90. The van der Waals surface area contributed by atoms with Gasteiger partial charge in [0.15, 0.2) is 5.78 Å². The molecule has 0 N–H and O–H groups in total. The van der Waals surface area contributed by atoms with Crippen LogP contribution >= 0.6 is 0 Å². The van der Waals surface area contributed by atoms with Crippen molar-refractivity contribution in [3.05, 3.63) is 65.3 Å². The van der Waals surface area contributed by atoms with Gasteiger partial charge in [-0.3, -0.25) is 9.59 Å². The Balaban J connectivity index is 2.23. The van der Waals surface area contributed by atoms with Crippen LogP contribution in [0.3, 0.4) is 0 Å². The molecule has 0 spiro atoms. The Morgan fingerprint density at radius 1 is 1.14 bits per heavy atom. The van der Waals surface area contributed by atoms with Crippen LogP contribution < -0.4 is 0 Å². The summed E-state index contributed by atoms with van der Waals surface area (Å²) in [6.07, 6.45) is 6.44. The van der Waals surface area contributed by atoms with Gasteiger partial charge in [-0.1, -0.05) is 44.2 Å². The number of hydrogen-bond acceptors (Lipinski definition) is 2. The third kappa shape index (κ3) is 3.98. The lowest BCUT2D eigenvalue weighted by Gasteiger charge is -2.15. The maximum atomic E-state index is 12.0. The molecule has 0 heterocycles. The molecule has 1 aliphatic carbocycles. The van der Waals surface area contributed by atoms with Gasteiger partial charge in [0.1, 0.15) is 0 Å². The molecule has 0 atom stereocenters. The van der Waals surface area contributed by atoms with Crippen molar-refractivity contribution in [1.82, 2.24) is 0 Å². The Morgan fingerprint density at radius 2 is 1.82 bits per heavy atom. The second-order valence-corrected chi connectivity index (χ2v) is 5.53. The first-order valence-corrected chi connectivity index (χ1v) is 7.27. The number of amides is 1. The number of ketones is 1. The van der Waals surface area contributed by atoms with Crippen molar-refractivity contribution >= 4 is 23.5 Å². The molecule has 0 unspecified atom stereocenters. The van der Waals surface area contributed by atoms with Gasteiger partial charge < -0.3 is 0 Å². The summed E-state index contributed by atoms with van der Waals surface area (Å²) >= 11 is 0. The van der Waals surface area contributed by atoms with Gasteiger partial charge in [-0.15, -0.1) is 0 Å². The SMILES string of the molecule is CC1=CC(=NC(=O)C=Cc2ccccc2)C(C(C)C)=CC1=O. The summed E-state index contributed by atoms with van der Waals surface area (Å²) < 4.78 is 0. The minimum atomic E-state index is -0.330. The van der Waals surface area contributed by atoms with Gasteiger partial charge in [-0.05, 0) is 47.8 Å². The van der Waals surface area contributed by atoms with E-state index in [0.29, 0.717) is 11.3 Å². The fourth-order valence-electron chi connectivity index (χ4n) is 2.14. The van der Waals surface area contributed by atoms with Gasteiger partial charge in [0, 0.05) is 6.08 Å². The first-order valence-electron chi connectivity index (χ1n) is 7.27. The first-order chi connectivity index (χ1) is 10.5. The average molecular weight is 293 g/mol.